The fourth-order valence-electron chi connectivity index (χ4n) is 1.82. The minimum absolute atomic E-state index is 0.0398. The van der Waals surface area contributed by atoms with Crippen molar-refractivity contribution in [1.29, 1.82) is 0 Å². The number of halogens is 1. The molecule has 6 nitrogen and oxygen atoms in total. The lowest BCUT2D eigenvalue weighted by molar-refractivity contribution is 0.146. The average Bonchev–Trinajstić information content (AvgIpc) is 2.49. The highest BCUT2D eigenvalue weighted by molar-refractivity contribution is 6.32. The van der Waals surface area contributed by atoms with E-state index in [1.54, 1.807) is 25.3 Å². The molecule has 0 saturated heterocycles. The van der Waals surface area contributed by atoms with E-state index in [2.05, 4.69) is 10.6 Å². The highest BCUT2D eigenvalue weighted by Crippen LogP contribution is 2.27. The van der Waals surface area contributed by atoms with Crippen LogP contribution in [0.4, 0.5) is 10.5 Å². The van der Waals surface area contributed by atoms with E-state index in [-0.39, 0.29) is 18.7 Å². The minimum Gasteiger partial charge on any atom is -0.490 e. The van der Waals surface area contributed by atoms with Gasteiger partial charge in [0, 0.05) is 25.4 Å². The van der Waals surface area contributed by atoms with Gasteiger partial charge >= 0.3 is 6.03 Å². The average molecular weight is 331 g/mol. The van der Waals surface area contributed by atoms with Gasteiger partial charge < -0.3 is 25.2 Å². The van der Waals surface area contributed by atoms with E-state index in [0.29, 0.717) is 36.1 Å². The van der Waals surface area contributed by atoms with Gasteiger partial charge in [0.2, 0.25) is 0 Å². The van der Waals surface area contributed by atoms with Crippen LogP contribution in [0.2, 0.25) is 5.02 Å². The SMILES string of the molecule is CCC(CCO)NC(=O)Nc1ccc(OCCOC)c(Cl)c1. The highest BCUT2D eigenvalue weighted by Gasteiger charge is 2.11. The number of urea groups is 1. The predicted octanol–water partition coefficient (Wildman–Crippen LogP) is 2.65. The van der Waals surface area contributed by atoms with Gasteiger partial charge in [-0.1, -0.05) is 18.5 Å². The first-order chi connectivity index (χ1) is 10.6. The van der Waals surface area contributed by atoms with Crippen LogP contribution < -0.4 is 15.4 Å². The second kappa shape index (κ2) is 10.3. The van der Waals surface area contributed by atoms with Crippen molar-refractivity contribution >= 4 is 23.3 Å². The molecule has 1 unspecified atom stereocenters. The van der Waals surface area contributed by atoms with Crippen LogP contribution in [0, 0.1) is 0 Å². The molecular formula is C15H23ClN2O4. The molecule has 1 aromatic carbocycles. The molecule has 0 saturated carbocycles. The third-order valence-corrected chi connectivity index (χ3v) is 3.34. The quantitative estimate of drug-likeness (QED) is 0.608. The molecule has 0 bridgehead atoms. The number of anilines is 1. The maximum atomic E-state index is 11.9. The van der Waals surface area contributed by atoms with E-state index in [1.165, 1.54) is 0 Å². The van der Waals surface area contributed by atoms with Crippen molar-refractivity contribution < 1.29 is 19.4 Å². The maximum Gasteiger partial charge on any atom is 0.319 e. The van der Waals surface area contributed by atoms with Gasteiger partial charge in [0.15, 0.2) is 0 Å². The molecule has 0 radical (unpaired) electrons. The van der Waals surface area contributed by atoms with Crippen LogP contribution >= 0.6 is 11.6 Å². The van der Waals surface area contributed by atoms with Crippen molar-refractivity contribution in [2.24, 2.45) is 0 Å². The summed E-state index contributed by atoms with van der Waals surface area (Å²) in [6, 6.07) is 4.64. The number of hydrogen-bond donors (Lipinski definition) is 3. The predicted molar refractivity (Wildman–Crippen MR) is 86.8 cm³/mol. The first-order valence-electron chi connectivity index (χ1n) is 7.20. The van der Waals surface area contributed by atoms with Gasteiger partial charge in [-0.15, -0.1) is 0 Å². The molecule has 7 heteroatoms. The van der Waals surface area contributed by atoms with E-state index in [9.17, 15) is 4.79 Å². The molecule has 0 heterocycles. The van der Waals surface area contributed by atoms with Crippen LogP contribution in [0.5, 0.6) is 5.75 Å². The summed E-state index contributed by atoms with van der Waals surface area (Å²) in [6.45, 7) is 2.87. The molecule has 0 aromatic heterocycles. The van der Waals surface area contributed by atoms with Gasteiger partial charge in [0.1, 0.15) is 12.4 Å². The van der Waals surface area contributed by atoms with Crippen LogP contribution in [0.1, 0.15) is 19.8 Å². The van der Waals surface area contributed by atoms with Gasteiger partial charge in [-0.2, -0.15) is 0 Å². The second-order valence-corrected chi connectivity index (χ2v) is 5.11. The lowest BCUT2D eigenvalue weighted by Gasteiger charge is -2.16. The molecule has 0 aliphatic rings. The zero-order chi connectivity index (χ0) is 16.4. The van der Waals surface area contributed by atoms with Crippen molar-refractivity contribution in [1.82, 2.24) is 5.32 Å². The largest absolute Gasteiger partial charge is 0.490 e. The van der Waals surface area contributed by atoms with Crippen molar-refractivity contribution in [3.05, 3.63) is 23.2 Å². The van der Waals surface area contributed by atoms with E-state index in [0.717, 1.165) is 6.42 Å². The summed E-state index contributed by atoms with van der Waals surface area (Å²) in [6.07, 6.45) is 1.28. The molecule has 0 aliphatic heterocycles. The summed E-state index contributed by atoms with van der Waals surface area (Å²) in [7, 11) is 1.59. The summed E-state index contributed by atoms with van der Waals surface area (Å²) in [5.74, 6) is 0.538. The lowest BCUT2D eigenvalue weighted by atomic mass is 10.2. The Morgan fingerprint density at radius 1 is 1.41 bits per heavy atom. The Labute approximate surface area is 135 Å². The van der Waals surface area contributed by atoms with E-state index in [1.807, 2.05) is 6.92 Å². The fraction of sp³-hybridized carbons (Fsp3) is 0.533. The van der Waals surface area contributed by atoms with Crippen molar-refractivity contribution in [3.8, 4) is 5.75 Å². The Kier molecular flexibility index (Phi) is 8.65. The van der Waals surface area contributed by atoms with Gasteiger partial charge in [0.05, 0.1) is 11.6 Å². The molecule has 1 rings (SSSR count). The number of aliphatic hydroxyl groups is 1. The zero-order valence-electron chi connectivity index (χ0n) is 12.9. The normalized spacial score (nSPS) is 11.8. The zero-order valence-corrected chi connectivity index (χ0v) is 13.7. The molecule has 22 heavy (non-hydrogen) atoms. The Balaban J connectivity index is 2.55. The summed E-state index contributed by atoms with van der Waals surface area (Å²) in [5, 5.41) is 14.8. The number of ether oxygens (including phenoxy) is 2. The second-order valence-electron chi connectivity index (χ2n) is 4.70. The summed E-state index contributed by atoms with van der Waals surface area (Å²) < 4.78 is 10.3. The third-order valence-electron chi connectivity index (χ3n) is 3.04. The molecule has 1 atom stereocenters. The number of aliphatic hydroxyl groups excluding tert-OH is 1. The first kappa shape index (κ1) is 18.5. The number of benzene rings is 1. The molecule has 0 spiro atoms. The maximum absolute atomic E-state index is 11.9. The number of carbonyl (C=O) groups is 1. The topological polar surface area (TPSA) is 79.8 Å². The molecule has 2 amide bonds. The minimum atomic E-state index is -0.329. The van der Waals surface area contributed by atoms with Gasteiger partial charge in [-0.3, -0.25) is 0 Å². The summed E-state index contributed by atoms with van der Waals surface area (Å²) in [5.41, 5.74) is 0.570. The fourth-order valence-corrected chi connectivity index (χ4v) is 2.05. The Morgan fingerprint density at radius 2 is 2.18 bits per heavy atom. The van der Waals surface area contributed by atoms with Crippen LogP contribution in [-0.2, 0) is 4.74 Å². The standard InChI is InChI=1S/C15H23ClN2O4/c1-3-11(6-7-19)17-15(20)18-12-4-5-14(13(16)10-12)22-9-8-21-2/h4-5,10-11,19H,3,6-9H2,1-2H3,(H2,17,18,20). The number of hydrogen-bond acceptors (Lipinski definition) is 4. The molecule has 124 valence electrons. The van der Waals surface area contributed by atoms with E-state index in [4.69, 9.17) is 26.2 Å². The van der Waals surface area contributed by atoms with Crippen LogP contribution in [0.15, 0.2) is 18.2 Å². The number of methoxy groups -OCH3 is 1. The molecular weight excluding hydrogens is 308 g/mol. The monoisotopic (exact) mass is 330 g/mol. The van der Waals surface area contributed by atoms with Crippen molar-refractivity contribution in [2.45, 2.75) is 25.8 Å². The number of nitrogens with one attached hydrogen (secondary N) is 2. The summed E-state index contributed by atoms with van der Waals surface area (Å²) in [4.78, 5) is 11.9. The van der Waals surface area contributed by atoms with E-state index >= 15 is 0 Å². The van der Waals surface area contributed by atoms with Gasteiger partial charge in [-0.25, -0.2) is 4.79 Å². The van der Waals surface area contributed by atoms with Crippen LogP contribution in [0.3, 0.4) is 0 Å². The number of rotatable bonds is 9. The van der Waals surface area contributed by atoms with Gasteiger partial charge in [-0.05, 0) is 31.0 Å². The smallest absolute Gasteiger partial charge is 0.319 e. The number of carbonyl (C=O) groups excluding carboxylic acids is 1. The molecule has 0 aliphatic carbocycles. The van der Waals surface area contributed by atoms with E-state index < -0.39 is 0 Å². The third kappa shape index (κ3) is 6.51. The first-order valence-corrected chi connectivity index (χ1v) is 7.58. The molecule has 0 fully saturated rings. The van der Waals surface area contributed by atoms with Crippen molar-refractivity contribution in [3.63, 3.8) is 0 Å². The molecule has 1 aromatic rings. The van der Waals surface area contributed by atoms with Gasteiger partial charge in [0.25, 0.3) is 0 Å². The highest BCUT2D eigenvalue weighted by atomic mass is 35.5. The molecule has 3 N–H and O–H groups in total. The Hall–Kier alpha value is -1.50. The van der Waals surface area contributed by atoms with Crippen molar-refractivity contribution in [2.75, 3.05) is 32.2 Å². The lowest BCUT2D eigenvalue weighted by Crippen LogP contribution is -2.38. The van der Waals surface area contributed by atoms with Crippen LogP contribution in [0.25, 0.3) is 0 Å². The Bertz CT molecular complexity index is 471. The van der Waals surface area contributed by atoms with Crippen LogP contribution in [-0.4, -0.2) is 44.1 Å². The summed E-state index contributed by atoms with van der Waals surface area (Å²) >= 11 is 6.10. The number of amides is 2. The Morgan fingerprint density at radius 3 is 2.77 bits per heavy atom.